The largest absolute Gasteiger partial charge is 0.493 e. The Bertz CT molecular complexity index is 792. The van der Waals surface area contributed by atoms with Gasteiger partial charge in [-0.05, 0) is 37.3 Å². The molecule has 0 spiro atoms. The van der Waals surface area contributed by atoms with Crippen molar-refractivity contribution in [2.45, 2.75) is 19.2 Å². The molecule has 0 heterocycles. The molecule has 1 unspecified atom stereocenters. The van der Waals surface area contributed by atoms with Gasteiger partial charge in [0.25, 0.3) is 0 Å². The fourth-order valence-electron chi connectivity index (χ4n) is 2.46. The van der Waals surface area contributed by atoms with Crippen molar-refractivity contribution in [2.75, 3.05) is 21.3 Å². The number of halogens is 3. The number of benzene rings is 2. The lowest BCUT2D eigenvalue weighted by atomic mass is 10.1. The molecule has 0 radical (unpaired) electrons. The molecule has 2 aromatic rings. The number of hydrogen-bond donors (Lipinski definition) is 0. The quantitative estimate of drug-likeness (QED) is 0.663. The van der Waals surface area contributed by atoms with Crippen molar-refractivity contribution >= 4 is 5.78 Å². The summed E-state index contributed by atoms with van der Waals surface area (Å²) >= 11 is 0. The molecule has 0 fully saturated rings. The Morgan fingerprint density at radius 1 is 0.963 bits per heavy atom. The molecule has 0 N–H and O–H groups in total. The molecule has 8 heteroatoms. The van der Waals surface area contributed by atoms with Gasteiger partial charge in [-0.3, -0.25) is 4.79 Å². The SMILES string of the molecule is COc1cc(C(=O)C(C)Oc2cccc(C(F)(F)F)c2)cc(OC)c1OC. The Morgan fingerprint density at radius 2 is 1.56 bits per heavy atom. The van der Waals surface area contributed by atoms with Crippen LogP contribution in [0.3, 0.4) is 0 Å². The topological polar surface area (TPSA) is 54.0 Å². The van der Waals surface area contributed by atoms with E-state index in [1.54, 1.807) is 0 Å². The summed E-state index contributed by atoms with van der Waals surface area (Å²) in [6.45, 7) is 1.45. The maximum atomic E-state index is 12.8. The number of alkyl halides is 3. The average Bonchev–Trinajstić information content (AvgIpc) is 2.65. The first-order valence-corrected chi connectivity index (χ1v) is 7.89. The molecule has 0 aliphatic rings. The second-order valence-corrected chi connectivity index (χ2v) is 5.56. The van der Waals surface area contributed by atoms with Crippen molar-refractivity contribution in [2.24, 2.45) is 0 Å². The summed E-state index contributed by atoms with van der Waals surface area (Å²) in [7, 11) is 4.25. The van der Waals surface area contributed by atoms with Gasteiger partial charge in [0.15, 0.2) is 17.6 Å². The fourth-order valence-corrected chi connectivity index (χ4v) is 2.46. The van der Waals surface area contributed by atoms with Crippen LogP contribution in [0.1, 0.15) is 22.8 Å². The van der Waals surface area contributed by atoms with Gasteiger partial charge in [-0.25, -0.2) is 0 Å². The van der Waals surface area contributed by atoms with Crippen LogP contribution < -0.4 is 18.9 Å². The van der Waals surface area contributed by atoms with Crippen molar-refractivity contribution in [3.8, 4) is 23.0 Å². The van der Waals surface area contributed by atoms with E-state index >= 15 is 0 Å². The van der Waals surface area contributed by atoms with Crippen LogP contribution in [0, 0.1) is 0 Å². The summed E-state index contributed by atoms with van der Waals surface area (Å²) in [6.07, 6.45) is -5.53. The van der Waals surface area contributed by atoms with Gasteiger partial charge in [0.2, 0.25) is 11.5 Å². The van der Waals surface area contributed by atoms with Crippen LogP contribution in [0.15, 0.2) is 36.4 Å². The first kappa shape index (κ1) is 20.4. The van der Waals surface area contributed by atoms with Crippen LogP contribution in [0.4, 0.5) is 13.2 Å². The number of ether oxygens (including phenoxy) is 4. The number of ketones is 1. The smallest absolute Gasteiger partial charge is 0.416 e. The van der Waals surface area contributed by atoms with Gasteiger partial charge in [0.05, 0.1) is 26.9 Å². The monoisotopic (exact) mass is 384 g/mol. The highest BCUT2D eigenvalue weighted by Gasteiger charge is 2.31. The summed E-state index contributed by atoms with van der Waals surface area (Å²) in [6, 6.07) is 7.26. The van der Waals surface area contributed by atoms with Crippen LogP contribution in [0.2, 0.25) is 0 Å². The zero-order chi connectivity index (χ0) is 20.2. The standard InChI is InChI=1S/C19H19F3O5/c1-11(27-14-7-5-6-13(10-14)19(20,21)22)17(23)12-8-15(24-2)18(26-4)16(9-12)25-3/h5-11H,1-4H3. The summed E-state index contributed by atoms with van der Waals surface area (Å²) in [5.74, 6) is 0.380. The lowest BCUT2D eigenvalue weighted by molar-refractivity contribution is -0.137. The van der Waals surface area contributed by atoms with Crippen LogP contribution in [0.5, 0.6) is 23.0 Å². The number of carbonyl (C=O) groups excluding carboxylic acids is 1. The van der Waals surface area contributed by atoms with Crippen LogP contribution in [-0.2, 0) is 6.18 Å². The number of hydrogen-bond acceptors (Lipinski definition) is 5. The molecule has 146 valence electrons. The Kier molecular flexibility index (Phi) is 6.20. The Labute approximate surface area is 154 Å². The van der Waals surface area contributed by atoms with E-state index in [1.165, 1.54) is 52.5 Å². The van der Waals surface area contributed by atoms with Crippen molar-refractivity contribution in [1.82, 2.24) is 0 Å². The van der Waals surface area contributed by atoms with E-state index in [-0.39, 0.29) is 22.8 Å². The van der Waals surface area contributed by atoms with Gasteiger partial charge in [-0.15, -0.1) is 0 Å². The highest BCUT2D eigenvalue weighted by molar-refractivity contribution is 6.00. The lowest BCUT2D eigenvalue weighted by Gasteiger charge is -2.17. The fraction of sp³-hybridized carbons (Fsp3) is 0.316. The molecule has 0 bridgehead atoms. The summed E-state index contributed by atoms with van der Waals surface area (Å²) < 4.78 is 59.4. The van der Waals surface area contributed by atoms with Gasteiger partial charge in [-0.1, -0.05) is 6.07 Å². The molecule has 1 atom stereocenters. The third-order valence-electron chi connectivity index (χ3n) is 3.79. The highest BCUT2D eigenvalue weighted by Crippen LogP contribution is 2.38. The third-order valence-corrected chi connectivity index (χ3v) is 3.79. The minimum Gasteiger partial charge on any atom is -0.493 e. The van der Waals surface area contributed by atoms with Crippen molar-refractivity contribution in [1.29, 1.82) is 0 Å². The predicted molar refractivity (Wildman–Crippen MR) is 92.0 cm³/mol. The Balaban J connectivity index is 2.28. The summed E-state index contributed by atoms with van der Waals surface area (Å²) in [4.78, 5) is 12.7. The molecule has 2 rings (SSSR count). The average molecular weight is 384 g/mol. The summed E-state index contributed by atoms with van der Waals surface area (Å²) in [5, 5.41) is 0. The number of methoxy groups -OCH3 is 3. The second kappa shape index (κ2) is 8.20. The molecular formula is C19H19F3O5. The summed E-state index contributed by atoms with van der Waals surface area (Å²) in [5.41, 5.74) is -0.642. The van der Waals surface area contributed by atoms with Gasteiger partial charge >= 0.3 is 6.18 Å². The molecule has 0 saturated heterocycles. The van der Waals surface area contributed by atoms with E-state index in [1.807, 2.05) is 0 Å². The van der Waals surface area contributed by atoms with E-state index in [9.17, 15) is 18.0 Å². The van der Waals surface area contributed by atoms with Gasteiger partial charge in [-0.2, -0.15) is 13.2 Å². The number of carbonyl (C=O) groups is 1. The van der Waals surface area contributed by atoms with Crippen LogP contribution >= 0.6 is 0 Å². The molecular weight excluding hydrogens is 365 g/mol. The van der Waals surface area contributed by atoms with E-state index in [0.29, 0.717) is 5.75 Å². The molecule has 2 aromatic carbocycles. The van der Waals surface area contributed by atoms with Crippen LogP contribution in [-0.4, -0.2) is 33.2 Å². The Morgan fingerprint density at radius 3 is 2.04 bits per heavy atom. The van der Waals surface area contributed by atoms with Gasteiger partial charge < -0.3 is 18.9 Å². The molecule has 0 aliphatic heterocycles. The number of Topliss-reactive ketones (excluding diaryl/α,β-unsaturated/α-hetero) is 1. The lowest BCUT2D eigenvalue weighted by Crippen LogP contribution is -2.24. The molecule has 0 aromatic heterocycles. The van der Waals surface area contributed by atoms with E-state index in [4.69, 9.17) is 18.9 Å². The molecule has 5 nitrogen and oxygen atoms in total. The molecule has 27 heavy (non-hydrogen) atoms. The molecule has 0 aliphatic carbocycles. The number of rotatable bonds is 7. The maximum absolute atomic E-state index is 12.8. The minimum absolute atomic E-state index is 0.0573. The van der Waals surface area contributed by atoms with E-state index in [0.717, 1.165) is 12.1 Å². The van der Waals surface area contributed by atoms with E-state index in [2.05, 4.69) is 0 Å². The van der Waals surface area contributed by atoms with E-state index < -0.39 is 23.6 Å². The van der Waals surface area contributed by atoms with Crippen molar-refractivity contribution in [3.05, 3.63) is 47.5 Å². The van der Waals surface area contributed by atoms with Crippen LogP contribution in [0.25, 0.3) is 0 Å². The zero-order valence-corrected chi connectivity index (χ0v) is 15.2. The normalized spacial score (nSPS) is 12.3. The molecule has 0 saturated carbocycles. The molecule has 0 amide bonds. The van der Waals surface area contributed by atoms with Gasteiger partial charge in [0, 0.05) is 5.56 Å². The second-order valence-electron chi connectivity index (χ2n) is 5.56. The van der Waals surface area contributed by atoms with Gasteiger partial charge in [0.1, 0.15) is 5.75 Å². The first-order valence-electron chi connectivity index (χ1n) is 7.89. The maximum Gasteiger partial charge on any atom is 0.416 e. The predicted octanol–water partition coefficient (Wildman–Crippen LogP) is 4.38. The Hall–Kier alpha value is -2.90. The van der Waals surface area contributed by atoms with Crippen molar-refractivity contribution < 1.29 is 36.9 Å². The highest BCUT2D eigenvalue weighted by atomic mass is 19.4. The zero-order valence-electron chi connectivity index (χ0n) is 15.2. The third kappa shape index (κ3) is 4.64. The minimum atomic E-state index is -4.50. The van der Waals surface area contributed by atoms with Crippen molar-refractivity contribution in [3.63, 3.8) is 0 Å². The first-order chi connectivity index (χ1) is 12.7.